The van der Waals surface area contributed by atoms with Crippen LogP contribution in [0.5, 0.6) is 0 Å². The van der Waals surface area contributed by atoms with Crippen LogP contribution in [0.15, 0.2) is 47.3 Å². The summed E-state index contributed by atoms with van der Waals surface area (Å²) in [6.07, 6.45) is 2.32. The molecule has 1 fully saturated rings. The fourth-order valence-corrected chi connectivity index (χ4v) is 4.08. The number of hydrogen-bond acceptors (Lipinski definition) is 4. The second-order valence-corrected chi connectivity index (χ2v) is 8.66. The van der Waals surface area contributed by atoms with E-state index < -0.39 is 5.91 Å². The SMILES string of the molecule is CN(CC(=O)Nc1c(Cl)cccc1Cl)C(=O)CCc1nc2ccccc2c(=O)n1C1CC1. The number of hydrogen-bond donors (Lipinski definition) is 1. The van der Waals surface area contributed by atoms with Crippen molar-refractivity contribution < 1.29 is 9.59 Å². The minimum Gasteiger partial charge on any atom is -0.336 e. The molecule has 0 saturated heterocycles. The zero-order valence-electron chi connectivity index (χ0n) is 17.5. The van der Waals surface area contributed by atoms with Crippen LogP contribution in [0, 0.1) is 0 Å². The molecule has 1 aliphatic rings. The number of nitrogens with zero attached hydrogens (tertiary/aromatic N) is 3. The van der Waals surface area contributed by atoms with Gasteiger partial charge in [0.25, 0.3) is 5.56 Å². The van der Waals surface area contributed by atoms with Gasteiger partial charge in [-0.15, -0.1) is 0 Å². The first-order chi connectivity index (χ1) is 15.3. The number of carbonyl (C=O) groups is 2. The zero-order valence-corrected chi connectivity index (χ0v) is 19.0. The Hall–Kier alpha value is -2.90. The largest absolute Gasteiger partial charge is 0.336 e. The number of fused-ring (bicyclic) bond motifs is 1. The van der Waals surface area contributed by atoms with E-state index in [0.29, 0.717) is 38.9 Å². The van der Waals surface area contributed by atoms with E-state index in [2.05, 4.69) is 10.3 Å². The molecule has 0 atom stereocenters. The lowest BCUT2D eigenvalue weighted by atomic mass is 10.2. The maximum absolute atomic E-state index is 12.9. The Bertz CT molecular complexity index is 1230. The first-order valence-corrected chi connectivity index (χ1v) is 11.1. The number of carbonyl (C=O) groups excluding carboxylic acids is 2. The molecule has 0 bridgehead atoms. The number of likely N-dealkylation sites (N-methyl/N-ethyl adjacent to an activating group) is 1. The minimum absolute atomic E-state index is 0.0649. The molecule has 32 heavy (non-hydrogen) atoms. The van der Waals surface area contributed by atoms with Crippen molar-refractivity contribution in [2.75, 3.05) is 18.9 Å². The van der Waals surface area contributed by atoms with Crippen molar-refractivity contribution in [1.82, 2.24) is 14.5 Å². The average molecular weight is 473 g/mol. The van der Waals surface area contributed by atoms with Gasteiger partial charge in [-0.2, -0.15) is 0 Å². The molecule has 2 aromatic carbocycles. The molecule has 0 spiro atoms. The molecule has 0 unspecified atom stereocenters. The summed E-state index contributed by atoms with van der Waals surface area (Å²) in [5.74, 6) is -0.0324. The third kappa shape index (κ3) is 4.79. The maximum Gasteiger partial charge on any atom is 0.261 e. The lowest BCUT2D eigenvalue weighted by molar-refractivity contribution is -0.133. The van der Waals surface area contributed by atoms with E-state index >= 15 is 0 Å². The van der Waals surface area contributed by atoms with Crippen molar-refractivity contribution in [2.45, 2.75) is 31.7 Å². The van der Waals surface area contributed by atoms with Crippen LogP contribution in [0.2, 0.25) is 10.0 Å². The lowest BCUT2D eigenvalue weighted by Crippen LogP contribution is -2.35. The molecule has 1 aliphatic carbocycles. The standard InChI is InChI=1S/C23H22Cl2N4O3/c1-28(13-20(30)27-22-16(24)6-4-7-17(22)25)21(31)12-11-19-26-18-8-3-2-5-15(18)23(32)29(19)14-9-10-14/h2-8,14H,9-13H2,1H3,(H,27,30). The zero-order chi connectivity index (χ0) is 22.8. The van der Waals surface area contributed by atoms with Gasteiger partial charge in [0.2, 0.25) is 11.8 Å². The Morgan fingerprint density at radius 2 is 1.81 bits per heavy atom. The van der Waals surface area contributed by atoms with Crippen LogP contribution < -0.4 is 10.9 Å². The molecule has 7 nitrogen and oxygen atoms in total. The summed E-state index contributed by atoms with van der Waals surface area (Å²) in [5.41, 5.74) is 0.876. The number of anilines is 1. The number of amides is 2. The molecule has 1 heterocycles. The van der Waals surface area contributed by atoms with E-state index in [4.69, 9.17) is 23.2 Å². The summed E-state index contributed by atoms with van der Waals surface area (Å²) >= 11 is 12.2. The first kappa shape index (κ1) is 22.3. The van der Waals surface area contributed by atoms with Crippen LogP contribution in [0.25, 0.3) is 10.9 Å². The highest BCUT2D eigenvalue weighted by Gasteiger charge is 2.28. The van der Waals surface area contributed by atoms with Crippen LogP contribution in [-0.2, 0) is 16.0 Å². The van der Waals surface area contributed by atoms with Crippen molar-refractivity contribution in [1.29, 1.82) is 0 Å². The smallest absolute Gasteiger partial charge is 0.261 e. The number of benzene rings is 2. The summed E-state index contributed by atoms with van der Waals surface area (Å²) in [5, 5.41) is 3.87. The number of aryl methyl sites for hydroxylation is 1. The topological polar surface area (TPSA) is 84.3 Å². The van der Waals surface area contributed by atoms with Crippen molar-refractivity contribution in [3.8, 4) is 0 Å². The highest BCUT2D eigenvalue weighted by Crippen LogP contribution is 2.35. The summed E-state index contributed by atoms with van der Waals surface area (Å²) < 4.78 is 1.72. The molecular weight excluding hydrogens is 451 g/mol. The second-order valence-electron chi connectivity index (χ2n) is 7.85. The Morgan fingerprint density at radius 1 is 1.12 bits per heavy atom. The van der Waals surface area contributed by atoms with E-state index in [1.54, 1.807) is 41.9 Å². The predicted octanol–water partition coefficient (Wildman–Crippen LogP) is 4.07. The van der Waals surface area contributed by atoms with Gasteiger partial charge in [0.15, 0.2) is 0 Å². The number of rotatable bonds is 7. The Kier molecular flexibility index (Phi) is 6.48. The van der Waals surface area contributed by atoms with Crippen LogP contribution in [0.4, 0.5) is 5.69 Å². The van der Waals surface area contributed by atoms with Crippen LogP contribution >= 0.6 is 23.2 Å². The molecule has 1 aromatic heterocycles. The number of para-hydroxylation sites is 2. The number of aromatic nitrogens is 2. The number of nitrogens with one attached hydrogen (secondary N) is 1. The molecular formula is C23H22Cl2N4O3. The molecule has 2 amide bonds. The van der Waals surface area contributed by atoms with Gasteiger partial charge < -0.3 is 10.2 Å². The predicted molar refractivity (Wildman–Crippen MR) is 125 cm³/mol. The molecule has 4 rings (SSSR count). The van der Waals surface area contributed by atoms with Crippen molar-refractivity contribution in [3.63, 3.8) is 0 Å². The van der Waals surface area contributed by atoms with Crippen LogP contribution in [0.3, 0.4) is 0 Å². The fourth-order valence-electron chi connectivity index (χ4n) is 3.59. The summed E-state index contributed by atoms with van der Waals surface area (Å²) in [6.45, 7) is -0.152. The highest BCUT2D eigenvalue weighted by atomic mass is 35.5. The Balaban J connectivity index is 1.42. The van der Waals surface area contributed by atoms with Gasteiger partial charge in [0, 0.05) is 25.9 Å². The van der Waals surface area contributed by atoms with Gasteiger partial charge in [-0.1, -0.05) is 41.4 Å². The van der Waals surface area contributed by atoms with E-state index in [0.717, 1.165) is 12.8 Å². The van der Waals surface area contributed by atoms with E-state index in [1.165, 1.54) is 4.90 Å². The monoisotopic (exact) mass is 472 g/mol. The Morgan fingerprint density at radius 3 is 2.50 bits per heavy atom. The molecule has 1 N–H and O–H groups in total. The Labute approximate surface area is 194 Å². The van der Waals surface area contributed by atoms with Gasteiger partial charge in [-0.25, -0.2) is 4.98 Å². The van der Waals surface area contributed by atoms with Gasteiger partial charge in [-0.05, 0) is 37.1 Å². The molecule has 166 valence electrons. The molecule has 9 heteroatoms. The van der Waals surface area contributed by atoms with Crippen LogP contribution in [0.1, 0.15) is 31.1 Å². The maximum atomic E-state index is 12.9. The lowest BCUT2D eigenvalue weighted by Gasteiger charge is -2.18. The fraction of sp³-hybridized carbons (Fsp3) is 0.304. The van der Waals surface area contributed by atoms with Crippen molar-refractivity contribution in [3.05, 3.63) is 68.7 Å². The third-order valence-corrected chi connectivity index (χ3v) is 6.02. The summed E-state index contributed by atoms with van der Waals surface area (Å²) in [6, 6.07) is 12.3. The van der Waals surface area contributed by atoms with Gasteiger partial charge in [0.1, 0.15) is 5.82 Å². The van der Waals surface area contributed by atoms with Crippen LogP contribution in [-0.4, -0.2) is 39.9 Å². The highest BCUT2D eigenvalue weighted by molar-refractivity contribution is 6.39. The van der Waals surface area contributed by atoms with Crippen molar-refractivity contribution >= 4 is 51.6 Å². The third-order valence-electron chi connectivity index (χ3n) is 5.39. The van der Waals surface area contributed by atoms with Gasteiger partial charge >= 0.3 is 0 Å². The average Bonchev–Trinajstić information content (AvgIpc) is 3.60. The first-order valence-electron chi connectivity index (χ1n) is 10.3. The summed E-state index contributed by atoms with van der Waals surface area (Å²) in [4.78, 5) is 43.9. The van der Waals surface area contributed by atoms with E-state index in [-0.39, 0.29) is 30.5 Å². The molecule has 0 radical (unpaired) electrons. The van der Waals surface area contributed by atoms with Gasteiger partial charge in [0.05, 0.1) is 33.2 Å². The van der Waals surface area contributed by atoms with Gasteiger partial charge in [-0.3, -0.25) is 19.0 Å². The molecule has 3 aromatic rings. The van der Waals surface area contributed by atoms with Crippen molar-refractivity contribution in [2.24, 2.45) is 0 Å². The van der Waals surface area contributed by atoms with E-state index in [9.17, 15) is 14.4 Å². The number of halogens is 2. The second kappa shape index (κ2) is 9.30. The molecule has 0 aliphatic heterocycles. The minimum atomic E-state index is -0.408. The quantitative estimate of drug-likeness (QED) is 0.561. The normalized spacial score (nSPS) is 13.2. The van der Waals surface area contributed by atoms with E-state index in [1.807, 2.05) is 12.1 Å². The molecule has 1 saturated carbocycles. The summed E-state index contributed by atoms with van der Waals surface area (Å²) in [7, 11) is 1.55.